The van der Waals surface area contributed by atoms with E-state index in [1.165, 1.54) is 0 Å². The number of hydrogen-bond donors (Lipinski definition) is 1. The summed E-state index contributed by atoms with van der Waals surface area (Å²) in [5.74, 6) is 0.265. The van der Waals surface area contributed by atoms with Crippen molar-refractivity contribution in [2.24, 2.45) is 5.92 Å². The Morgan fingerprint density at radius 3 is 2.47 bits per heavy atom. The molecule has 0 aromatic carbocycles. The first kappa shape index (κ1) is 14.3. The molecule has 19 heavy (non-hydrogen) atoms. The second kappa shape index (κ2) is 5.48. The van der Waals surface area contributed by atoms with Gasteiger partial charge in [-0.15, -0.1) is 0 Å². The van der Waals surface area contributed by atoms with Crippen LogP contribution in [0.5, 0.6) is 0 Å². The molecule has 1 N–H and O–H groups in total. The lowest BCUT2D eigenvalue weighted by atomic mass is 9.98. The standard InChI is InChI=1S/C14H23N3O2/c1-10-6-17(7-11(2)19-10)8-13(18)16-14(3,9-15)12-4-5-12/h10-12H,4-8H2,1-3H3,(H,16,18)/t10-,11-,14-/m0/s1. The van der Waals surface area contributed by atoms with Gasteiger partial charge < -0.3 is 10.1 Å². The van der Waals surface area contributed by atoms with Crippen molar-refractivity contribution < 1.29 is 9.53 Å². The minimum atomic E-state index is -0.694. The molecule has 0 bridgehead atoms. The van der Waals surface area contributed by atoms with Gasteiger partial charge in [0.05, 0.1) is 24.8 Å². The molecule has 1 aliphatic heterocycles. The number of nitrogens with zero attached hydrogens (tertiary/aromatic N) is 2. The molecule has 1 saturated heterocycles. The fourth-order valence-electron chi connectivity index (χ4n) is 2.83. The highest BCUT2D eigenvalue weighted by Gasteiger charge is 2.43. The van der Waals surface area contributed by atoms with Crippen molar-refractivity contribution in [3.05, 3.63) is 0 Å². The molecule has 5 nitrogen and oxygen atoms in total. The molecule has 2 rings (SSSR count). The summed E-state index contributed by atoms with van der Waals surface area (Å²) < 4.78 is 5.64. The molecule has 0 radical (unpaired) electrons. The largest absolute Gasteiger partial charge is 0.373 e. The molecular formula is C14H23N3O2. The van der Waals surface area contributed by atoms with Gasteiger partial charge in [-0.3, -0.25) is 9.69 Å². The van der Waals surface area contributed by atoms with Gasteiger partial charge in [0.25, 0.3) is 0 Å². The second-order valence-corrected chi connectivity index (χ2v) is 6.09. The van der Waals surface area contributed by atoms with Crippen LogP contribution >= 0.6 is 0 Å². The number of rotatable bonds is 4. The van der Waals surface area contributed by atoms with E-state index in [1.807, 2.05) is 20.8 Å². The predicted octanol–water partition coefficient (Wildman–Crippen LogP) is 0.904. The van der Waals surface area contributed by atoms with Crippen LogP contribution < -0.4 is 5.32 Å². The van der Waals surface area contributed by atoms with Gasteiger partial charge in [-0.25, -0.2) is 0 Å². The summed E-state index contributed by atoms with van der Waals surface area (Å²) in [7, 11) is 0. The molecule has 2 aliphatic rings. The Morgan fingerprint density at radius 2 is 2.00 bits per heavy atom. The van der Waals surface area contributed by atoms with E-state index in [-0.39, 0.29) is 18.1 Å². The third-order valence-corrected chi connectivity index (χ3v) is 3.89. The van der Waals surface area contributed by atoms with Gasteiger partial charge in [0, 0.05) is 13.1 Å². The molecule has 1 aliphatic carbocycles. The average Bonchev–Trinajstić information content (AvgIpc) is 3.10. The highest BCUT2D eigenvalue weighted by molar-refractivity contribution is 5.79. The molecule has 1 saturated carbocycles. The molecule has 0 unspecified atom stereocenters. The van der Waals surface area contributed by atoms with Gasteiger partial charge in [-0.05, 0) is 39.5 Å². The van der Waals surface area contributed by atoms with Crippen LogP contribution in [0.4, 0.5) is 0 Å². The normalized spacial score (nSPS) is 31.3. The van der Waals surface area contributed by atoms with Crippen molar-refractivity contribution in [3.8, 4) is 6.07 Å². The quantitative estimate of drug-likeness (QED) is 0.820. The molecule has 106 valence electrons. The maximum atomic E-state index is 12.1. The third-order valence-electron chi connectivity index (χ3n) is 3.89. The number of ether oxygens (including phenoxy) is 1. The lowest BCUT2D eigenvalue weighted by Crippen LogP contribution is -2.53. The van der Waals surface area contributed by atoms with Crippen LogP contribution in [-0.4, -0.2) is 48.2 Å². The van der Waals surface area contributed by atoms with Crippen molar-refractivity contribution in [2.75, 3.05) is 19.6 Å². The monoisotopic (exact) mass is 265 g/mol. The van der Waals surface area contributed by atoms with Gasteiger partial charge in [0.1, 0.15) is 5.54 Å². The summed E-state index contributed by atoms with van der Waals surface area (Å²) in [6.45, 7) is 7.75. The predicted molar refractivity (Wildman–Crippen MR) is 71.3 cm³/mol. The topological polar surface area (TPSA) is 65.4 Å². The number of nitriles is 1. The van der Waals surface area contributed by atoms with E-state index in [0.717, 1.165) is 25.9 Å². The molecule has 0 spiro atoms. The molecule has 2 fully saturated rings. The highest BCUT2D eigenvalue weighted by Crippen LogP contribution is 2.39. The minimum Gasteiger partial charge on any atom is -0.373 e. The molecule has 1 amide bonds. The van der Waals surface area contributed by atoms with Crippen LogP contribution in [0, 0.1) is 17.2 Å². The van der Waals surface area contributed by atoms with E-state index in [1.54, 1.807) is 0 Å². The van der Waals surface area contributed by atoms with Crippen LogP contribution in [-0.2, 0) is 9.53 Å². The molecule has 3 atom stereocenters. The van der Waals surface area contributed by atoms with Crippen LogP contribution in [0.15, 0.2) is 0 Å². The zero-order valence-corrected chi connectivity index (χ0v) is 12.0. The molecule has 5 heteroatoms. The Morgan fingerprint density at radius 1 is 1.42 bits per heavy atom. The van der Waals surface area contributed by atoms with Gasteiger partial charge in [0.2, 0.25) is 5.91 Å². The van der Waals surface area contributed by atoms with Crippen LogP contribution in [0.3, 0.4) is 0 Å². The lowest BCUT2D eigenvalue weighted by Gasteiger charge is -2.35. The minimum absolute atomic E-state index is 0.0581. The fraction of sp³-hybridized carbons (Fsp3) is 0.857. The summed E-state index contributed by atoms with van der Waals surface area (Å²) in [6.07, 6.45) is 2.39. The average molecular weight is 265 g/mol. The van der Waals surface area contributed by atoms with Crippen molar-refractivity contribution in [1.29, 1.82) is 5.26 Å². The van der Waals surface area contributed by atoms with Crippen molar-refractivity contribution in [3.63, 3.8) is 0 Å². The van der Waals surface area contributed by atoms with E-state index >= 15 is 0 Å². The molecular weight excluding hydrogens is 242 g/mol. The SMILES string of the molecule is C[C@H]1CN(CC(=O)N[C@@](C)(C#N)C2CC2)C[C@H](C)O1. The maximum Gasteiger partial charge on any atom is 0.235 e. The summed E-state index contributed by atoms with van der Waals surface area (Å²) >= 11 is 0. The first-order chi connectivity index (χ1) is 8.93. The number of morpholine rings is 1. The number of nitrogens with one attached hydrogen (secondary N) is 1. The number of hydrogen-bond acceptors (Lipinski definition) is 4. The smallest absolute Gasteiger partial charge is 0.235 e. The van der Waals surface area contributed by atoms with Crippen LogP contribution in [0.2, 0.25) is 0 Å². The van der Waals surface area contributed by atoms with E-state index in [0.29, 0.717) is 12.5 Å². The zero-order chi connectivity index (χ0) is 14.0. The third kappa shape index (κ3) is 3.68. The lowest BCUT2D eigenvalue weighted by molar-refractivity contribution is -0.127. The van der Waals surface area contributed by atoms with Crippen LogP contribution in [0.25, 0.3) is 0 Å². The highest BCUT2D eigenvalue weighted by atomic mass is 16.5. The first-order valence-corrected chi connectivity index (χ1v) is 7.03. The van der Waals surface area contributed by atoms with Crippen molar-refractivity contribution >= 4 is 5.91 Å². The Balaban J connectivity index is 1.85. The van der Waals surface area contributed by atoms with Gasteiger partial charge in [-0.2, -0.15) is 5.26 Å². The van der Waals surface area contributed by atoms with Crippen molar-refractivity contribution in [2.45, 2.75) is 51.4 Å². The fourth-order valence-corrected chi connectivity index (χ4v) is 2.83. The Kier molecular flexibility index (Phi) is 4.12. The summed E-state index contributed by atoms with van der Waals surface area (Å²) in [5.41, 5.74) is -0.694. The summed E-state index contributed by atoms with van der Waals surface area (Å²) in [5, 5.41) is 12.1. The van der Waals surface area contributed by atoms with Gasteiger partial charge in [0.15, 0.2) is 0 Å². The van der Waals surface area contributed by atoms with E-state index in [2.05, 4.69) is 16.3 Å². The van der Waals surface area contributed by atoms with E-state index in [4.69, 9.17) is 4.74 Å². The second-order valence-electron chi connectivity index (χ2n) is 6.09. The number of amides is 1. The maximum absolute atomic E-state index is 12.1. The van der Waals surface area contributed by atoms with Gasteiger partial charge >= 0.3 is 0 Å². The molecule has 0 aromatic rings. The van der Waals surface area contributed by atoms with Crippen molar-refractivity contribution in [1.82, 2.24) is 10.2 Å². The Bertz CT molecular complexity index is 379. The summed E-state index contributed by atoms with van der Waals surface area (Å²) in [6, 6.07) is 2.25. The van der Waals surface area contributed by atoms with Gasteiger partial charge in [-0.1, -0.05) is 0 Å². The number of carbonyl (C=O) groups excluding carboxylic acids is 1. The van der Waals surface area contributed by atoms with E-state index in [9.17, 15) is 10.1 Å². The zero-order valence-electron chi connectivity index (χ0n) is 12.0. The summed E-state index contributed by atoms with van der Waals surface area (Å²) in [4.78, 5) is 14.2. The number of carbonyl (C=O) groups is 1. The Labute approximate surface area is 114 Å². The van der Waals surface area contributed by atoms with Crippen LogP contribution in [0.1, 0.15) is 33.6 Å². The van der Waals surface area contributed by atoms with E-state index < -0.39 is 5.54 Å². The molecule has 1 heterocycles. The molecule has 0 aromatic heterocycles. The first-order valence-electron chi connectivity index (χ1n) is 7.03. The Hall–Kier alpha value is -1.12.